The molecule has 1 N–H and O–H groups in total. The van der Waals surface area contributed by atoms with Crippen LogP contribution in [0.2, 0.25) is 0 Å². The van der Waals surface area contributed by atoms with E-state index in [0.29, 0.717) is 23.8 Å². The van der Waals surface area contributed by atoms with Gasteiger partial charge in [0.1, 0.15) is 5.75 Å². The summed E-state index contributed by atoms with van der Waals surface area (Å²) in [4.78, 5) is 25.4. The van der Waals surface area contributed by atoms with Gasteiger partial charge in [0, 0.05) is 6.04 Å². The molecule has 0 aliphatic carbocycles. The monoisotopic (exact) mass is 531 g/mol. The highest BCUT2D eigenvalue weighted by Crippen LogP contribution is 2.40. The van der Waals surface area contributed by atoms with Gasteiger partial charge < -0.3 is 9.84 Å². The van der Waals surface area contributed by atoms with Crippen LogP contribution in [-0.4, -0.2) is 35.0 Å². The first-order chi connectivity index (χ1) is 17.2. The van der Waals surface area contributed by atoms with E-state index in [-0.39, 0.29) is 38.1 Å². The molecule has 0 saturated carbocycles. The topological polar surface area (TPSA) is 66.8 Å². The summed E-state index contributed by atoms with van der Waals surface area (Å²) in [7, 11) is 0. The van der Waals surface area contributed by atoms with Gasteiger partial charge in [-0.25, -0.2) is 0 Å². The van der Waals surface area contributed by atoms with Gasteiger partial charge >= 0.3 is 24.3 Å². The molecule has 2 atom stereocenters. The molecule has 0 aromatic heterocycles. The fourth-order valence-corrected chi connectivity index (χ4v) is 4.44. The summed E-state index contributed by atoms with van der Waals surface area (Å²) in [5.41, 5.74) is -2.05. The average molecular weight is 531 g/mol. The molecule has 2 unspecified atom stereocenters. The third-order valence-corrected chi connectivity index (χ3v) is 6.63. The van der Waals surface area contributed by atoms with Crippen LogP contribution in [0.25, 0.3) is 0 Å². The van der Waals surface area contributed by atoms with Gasteiger partial charge in [-0.15, -0.1) is 0 Å². The molecule has 3 rings (SSSR count). The van der Waals surface area contributed by atoms with Crippen LogP contribution in [0.15, 0.2) is 42.5 Å². The van der Waals surface area contributed by atoms with E-state index in [4.69, 9.17) is 9.84 Å². The van der Waals surface area contributed by atoms with Crippen LogP contribution < -0.4 is 4.74 Å². The predicted molar refractivity (Wildman–Crippen MR) is 122 cm³/mol. The molecule has 0 radical (unpaired) electrons. The number of carbonyl (C=O) groups is 2. The van der Waals surface area contributed by atoms with Gasteiger partial charge in [-0.3, -0.25) is 14.5 Å². The lowest BCUT2D eigenvalue weighted by Gasteiger charge is -2.36. The lowest BCUT2D eigenvalue weighted by Crippen LogP contribution is -2.39. The molecule has 11 heteroatoms. The first kappa shape index (κ1) is 28.5. The molecule has 1 fully saturated rings. The smallest absolute Gasteiger partial charge is 0.416 e. The van der Waals surface area contributed by atoms with Crippen LogP contribution in [0.4, 0.5) is 26.3 Å². The minimum absolute atomic E-state index is 0.199. The van der Waals surface area contributed by atoms with Crippen LogP contribution in [0.1, 0.15) is 55.0 Å². The van der Waals surface area contributed by atoms with Crippen LogP contribution in [-0.2, 0) is 28.4 Å². The molecule has 0 spiro atoms. The van der Waals surface area contributed by atoms with E-state index in [1.54, 1.807) is 36.1 Å². The lowest BCUT2D eigenvalue weighted by atomic mass is 9.92. The average Bonchev–Trinajstić information content (AvgIpc) is 2.82. The number of halogens is 6. The van der Waals surface area contributed by atoms with Crippen molar-refractivity contribution in [3.8, 4) is 5.75 Å². The third-order valence-electron chi connectivity index (χ3n) is 6.63. The summed E-state index contributed by atoms with van der Waals surface area (Å²) < 4.78 is 85.5. The highest BCUT2D eigenvalue weighted by Gasteiger charge is 2.39. The number of carboxylic acid groups (broad SMARTS) is 1. The summed E-state index contributed by atoms with van der Waals surface area (Å²) in [6.07, 6.45) is -8.81. The highest BCUT2D eigenvalue weighted by molar-refractivity contribution is 5.75. The normalized spacial score (nSPS) is 17.3. The van der Waals surface area contributed by atoms with Crippen molar-refractivity contribution >= 4 is 11.9 Å². The molecule has 0 amide bonds. The van der Waals surface area contributed by atoms with E-state index >= 15 is 0 Å². The first-order valence-corrected chi connectivity index (χ1v) is 11.7. The zero-order chi connectivity index (χ0) is 27.5. The number of carbonyl (C=O) groups excluding carboxylic acids is 1. The molecule has 2 aromatic carbocycles. The molecule has 1 aliphatic heterocycles. The summed E-state index contributed by atoms with van der Waals surface area (Å²) in [5, 5.41) is 9.07. The number of rotatable bonds is 7. The number of esters is 1. The Hall–Kier alpha value is -3.08. The van der Waals surface area contributed by atoms with Crippen LogP contribution in [0, 0.1) is 11.8 Å². The number of likely N-dealkylation sites (tertiary alicyclic amines) is 1. The number of nitrogens with zero attached hydrogens (tertiary/aromatic N) is 1. The number of ether oxygens (including phenoxy) is 1. The van der Waals surface area contributed by atoms with Gasteiger partial charge in [-0.2, -0.15) is 26.3 Å². The Morgan fingerprint density at radius 3 is 2.22 bits per heavy atom. The van der Waals surface area contributed by atoms with Gasteiger partial charge in [-0.1, -0.05) is 19.1 Å². The number of hydrogen-bond donors (Lipinski definition) is 1. The van der Waals surface area contributed by atoms with Crippen LogP contribution >= 0.6 is 0 Å². The minimum Gasteiger partial charge on any atom is -0.481 e. The Bertz CT molecular complexity index is 1120. The number of aliphatic carboxylic acids is 1. The molecule has 5 nitrogen and oxygen atoms in total. The van der Waals surface area contributed by atoms with E-state index in [1.165, 1.54) is 6.92 Å². The quantitative estimate of drug-likeness (QED) is 0.256. The second kappa shape index (κ2) is 11.1. The predicted octanol–water partition coefficient (Wildman–Crippen LogP) is 6.37. The standard InChI is InChI=1S/C26H27F6NO4/c1-15(23(34)35)12-17-4-3-5-20(13-17)37-24(36)18-8-10-33(11-9-18)16(2)21-14-19(25(27,28)29)6-7-22(21)26(30,31)32/h3-7,13-16,18H,8-12H2,1-2H3,(H,34,35). The highest BCUT2D eigenvalue weighted by atomic mass is 19.4. The van der Waals surface area contributed by atoms with E-state index in [2.05, 4.69) is 0 Å². The first-order valence-electron chi connectivity index (χ1n) is 11.7. The summed E-state index contributed by atoms with van der Waals surface area (Å²) in [5.74, 6) is -2.36. The molecule has 1 heterocycles. The van der Waals surface area contributed by atoms with E-state index in [9.17, 15) is 35.9 Å². The van der Waals surface area contributed by atoms with E-state index in [0.717, 1.165) is 0 Å². The molecular formula is C26H27F6NO4. The Balaban J connectivity index is 1.66. The Labute approximate surface area is 210 Å². The second-order valence-corrected chi connectivity index (χ2v) is 9.30. The number of piperidine rings is 1. The van der Waals surface area contributed by atoms with Crippen molar-refractivity contribution in [1.29, 1.82) is 0 Å². The van der Waals surface area contributed by atoms with Crippen molar-refractivity contribution in [3.05, 3.63) is 64.7 Å². The fraction of sp³-hybridized carbons (Fsp3) is 0.462. The largest absolute Gasteiger partial charge is 0.481 e. The number of alkyl halides is 6. The van der Waals surface area contributed by atoms with Gasteiger partial charge in [0.15, 0.2) is 0 Å². The Morgan fingerprint density at radius 2 is 1.65 bits per heavy atom. The summed E-state index contributed by atoms with van der Waals surface area (Å²) in [6, 6.07) is 7.00. The van der Waals surface area contributed by atoms with Crippen molar-refractivity contribution in [1.82, 2.24) is 4.90 Å². The zero-order valence-corrected chi connectivity index (χ0v) is 20.2. The van der Waals surface area contributed by atoms with Crippen molar-refractivity contribution in [2.75, 3.05) is 13.1 Å². The molecule has 0 bridgehead atoms. The van der Waals surface area contributed by atoms with Gasteiger partial charge in [-0.05, 0) is 80.7 Å². The molecular weight excluding hydrogens is 504 g/mol. The van der Waals surface area contributed by atoms with Crippen molar-refractivity contribution in [2.24, 2.45) is 11.8 Å². The Morgan fingerprint density at radius 1 is 1.00 bits per heavy atom. The lowest BCUT2D eigenvalue weighted by molar-refractivity contribution is -0.142. The molecule has 202 valence electrons. The maximum absolute atomic E-state index is 13.5. The third kappa shape index (κ3) is 7.24. The van der Waals surface area contributed by atoms with Gasteiger partial charge in [0.25, 0.3) is 0 Å². The van der Waals surface area contributed by atoms with Gasteiger partial charge in [0.2, 0.25) is 0 Å². The molecule has 37 heavy (non-hydrogen) atoms. The number of carboxylic acids is 1. The maximum Gasteiger partial charge on any atom is 0.416 e. The molecule has 2 aromatic rings. The minimum atomic E-state index is -4.81. The number of hydrogen-bond acceptors (Lipinski definition) is 4. The van der Waals surface area contributed by atoms with Crippen LogP contribution in [0.5, 0.6) is 5.75 Å². The maximum atomic E-state index is 13.5. The molecule has 1 saturated heterocycles. The van der Waals surface area contributed by atoms with Crippen molar-refractivity contribution in [3.63, 3.8) is 0 Å². The van der Waals surface area contributed by atoms with Gasteiger partial charge in [0.05, 0.1) is 23.0 Å². The van der Waals surface area contributed by atoms with E-state index in [1.807, 2.05) is 0 Å². The zero-order valence-electron chi connectivity index (χ0n) is 20.2. The fourth-order valence-electron chi connectivity index (χ4n) is 4.44. The summed E-state index contributed by atoms with van der Waals surface area (Å²) in [6.45, 7) is 3.38. The SMILES string of the molecule is CC(Cc1cccc(OC(=O)C2CCN(C(C)c3cc(C(F)(F)F)ccc3C(F)(F)F)CC2)c1)C(=O)O. The Kier molecular flexibility index (Phi) is 8.56. The molecule has 1 aliphatic rings. The summed E-state index contributed by atoms with van der Waals surface area (Å²) >= 11 is 0. The van der Waals surface area contributed by atoms with E-state index < -0.39 is 58.9 Å². The second-order valence-electron chi connectivity index (χ2n) is 9.30. The van der Waals surface area contributed by atoms with Crippen LogP contribution in [0.3, 0.4) is 0 Å². The van der Waals surface area contributed by atoms with Crippen molar-refractivity contribution in [2.45, 2.75) is 51.5 Å². The van der Waals surface area contributed by atoms with Crippen molar-refractivity contribution < 1.29 is 45.8 Å². The number of benzene rings is 2.